The molecule has 1 unspecified atom stereocenters. The van der Waals surface area contributed by atoms with Gasteiger partial charge in [-0.05, 0) is 37.7 Å². The molecule has 5 heteroatoms. The molecule has 1 aromatic rings. The van der Waals surface area contributed by atoms with E-state index < -0.39 is 11.9 Å². The molecule has 5 nitrogen and oxygen atoms in total. The van der Waals surface area contributed by atoms with Crippen molar-refractivity contribution in [1.29, 1.82) is 0 Å². The predicted molar refractivity (Wildman–Crippen MR) is 77.1 cm³/mol. The van der Waals surface area contributed by atoms with Gasteiger partial charge in [0.25, 0.3) is 0 Å². The fourth-order valence-electron chi connectivity index (χ4n) is 2.45. The number of carboxylic acid groups (broad SMARTS) is 2. The van der Waals surface area contributed by atoms with Gasteiger partial charge in [0.15, 0.2) is 0 Å². The molecule has 0 aliphatic rings. The molecule has 0 aliphatic heterocycles. The summed E-state index contributed by atoms with van der Waals surface area (Å²) >= 11 is 0. The van der Waals surface area contributed by atoms with E-state index in [9.17, 15) is 24.6 Å². The second-order valence-electron chi connectivity index (χ2n) is 5.65. The first-order valence-corrected chi connectivity index (χ1v) is 7.37. The van der Waals surface area contributed by atoms with Crippen molar-refractivity contribution in [3.05, 3.63) is 34.9 Å². The molecule has 1 rings (SSSR count). The number of benzene rings is 1. The van der Waals surface area contributed by atoms with Gasteiger partial charge in [0.1, 0.15) is 5.78 Å². The van der Waals surface area contributed by atoms with Crippen molar-refractivity contribution in [3.63, 3.8) is 0 Å². The summed E-state index contributed by atoms with van der Waals surface area (Å²) in [5.41, 5.74) is -0.193. The van der Waals surface area contributed by atoms with Crippen molar-refractivity contribution in [2.24, 2.45) is 5.92 Å². The number of carbonyl (C=O) groups excluding carboxylic acids is 3. The van der Waals surface area contributed by atoms with Gasteiger partial charge in [0.2, 0.25) is 0 Å². The van der Waals surface area contributed by atoms with Crippen molar-refractivity contribution in [2.75, 3.05) is 0 Å². The minimum atomic E-state index is -1.52. The third-order valence-electron chi connectivity index (χ3n) is 3.71. The Labute approximate surface area is 130 Å². The van der Waals surface area contributed by atoms with E-state index in [2.05, 4.69) is 0 Å². The minimum absolute atomic E-state index is 0.160. The van der Waals surface area contributed by atoms with Crippen LogP contribution in [0, 0.1) is 5.92 Å². The topological polar surface area (TPSA) is 97.3 Å². The first-order valence-electron chi connectivity index (χ1n) is 7.37. The zero-order valence-corrected chi connectivity index (χ0v) is 12.9. The van der Waals surface area contributed by atoms with Gasteiger partial charge < -0.3 is 24.6 Å². The normalized spacial score (nSPS) is 11.9. The number of hydrogen-bond acceptors (Lipinski definition) is 5. The summed E-state index contributed by atoms with van der Waals surface area (Å²) in [4.78, 5) is 33.1. The number of hydrogen-bond donors (Lipinski definition) is 0. The Morgan fingerprint density at radius 1 is 1.09 bits per heavy atom. The van der Waals surface area contributed by atoms with E-state index in [1.54, 1.807) is 13.0 Å². The first kappa shape index (κ1) is 17.9. The molecule has 22 heavy (non-hydrogen) atoms. The SMILES string of the molecule is CC(=O)CCC(C)CCCc1cccc(C(=O)[O-])c1C(=O)[O-]. The van der Waals surface area contributed by atoms with Gasteiger partial charge in [-0.3, -0.25) is 0 Å². The van der Waals surface area contributed by atoms with Crippen LogP contribution in [0.3, 0.4) is 0 Å². The average molecular weight is 304 g/mol. The van der Waals surface area contributed by atoms with E-state index in [1.807, 2.05) is 6.92 Å². The van der Waals surface area contributed by atoms with Gasteiger partial charge in [-0.25, -0.2) is 0 Å². The molecule has 0 heterocycles. The third-order valence-corrected chi connectivity index (χ3v) is 3.71. The van der Waals surface area contributed by atoms with Crippen LogP contribution in [0.15, 0.2) is 18.2 Å². The number of Topliss-reactive ketones (excluding diaryl/α,β-unsaturated/α-hetero) is 1. The number of aryl methyl sites for hydroxylation is 1. The molecule has 0 aromatic heterocycles. The predicted octanol–water partition coefficient (Wildman–Crippen LogP) is 0.742. The summed E-state index contributed by atoms with van der Waals surface area (Å²) in [6.45, 7) is 3.60. The van der Waals surface area contributed by atoms with Gasteiger partial charge in [0, 0.05) is 17.5 Å². The zero-order valence-electron chi connectivity index (χ0n) is 12.9. The summed E-state index contributed by atoms with van der Waals surface area (Å²) in [7, 11) is 0. The highest BCUT2D eigenvalue weighted by atomic mass is 16.4. The molecule has 0 spiro atoms. The number of ketones is 1. The zero-order chi connectivity index (χ0) is 16.7. The van der Waals surface area contributed by atoms with E-state index in [0.717, 1.165) is 19.3 Å². The van der Waals surface area contributed by atoms with Crippen LogP contribution in [0.25, 0.3) is 0 Å². The number of carboxylic acids is 2. The Morgan fingerprint density at radius 3 is 2.32 bits per heavy atom. The lowest BCUT2D eigenvalue weighted by Gasteiger charge is -2.17. The molecule has 0 N–H and O–H groups in total. The summed E-state index contributed by atoms with van der Waals surface area (Å²) in [6, 6.07) is 4.31. The maximum absolute atomic E-state index is 11.2. The van der Waals surface area contributed by atoms with Crippen LogP contribution < -0.4 is 10.2 Å². The van der Waals surface area contributed by atoms with Gasteiger partial charge in [-0.2, -0.15) is 0 Å². The quantitative estimate of drug-likeness (QED) is 0.670. The maximum Gasteiger partial charge on any atom is 0.129 e. The Hall–Kier alpha value is -2.17. The van der Waals surface area contributed by atoms with Crippen LogP contribution in [0.2, 0.25) is 0 Å². The Balaban J connectivity index is 2.70. The average Bonchev–Trinajstić information content (AvgIpc) is 2.44. The first-order chi connectivity index (χ1) is 10.3. The highest BCUT2D eigenvalue weighted by molar-refractivity contribution is 6.01. The fourth-order valence-corrected chi connectivity index (χ4v) is 2.45. The molecule has 1 atom stereocenters. The molecule has 0 amide bonds. The highest BCUT2D eigenvalue weighted by Gasteiger charge is 2.11. The van der Waals surface area contributed by atoms with Gasteiger partial charge in [0.05, 0.1) is 11.9 Å². The van der Waals surface area contributed by atoms with Crippen LogP contribution in [0.4, 0.5) is 0 Å². The van der Waals surface area contributed by atoms with E-state index in [-0.39, 0.29) is 16.9 Å². The van der Waals surface area contributed by atoms with Crippen LogP contribution in [0.1, 0.15) is 65.8 Å². The lowest BCUT2D eigenvalue weighted by molar-refractivity contribution is -0.259. The molecule has 0 saturated heterocycles. The van der Waals surface area contributed by atoms with Gasteiger partial charge >= 0.3 is 0 Å². The molecule has 0 radical (unpaired) electrons. The Bertz CT molecular complexity index is 562. The van der Waals surface area contributed by atoms with Gasteiger partial charge in [-0.1, -0.05) is 31.5 Å². The Morgan fingerprint density at radius 2 is 1.77 bits per heavy atom. The van der Waals surface area contributed by atoms with Crippen molar-refractivity contribution in [1.82, 2.24) is 0 Å². The monoisotopic (exact) mass is 304 g/mol. The van der Waals surface area contributed by atoms with Crippen molar-refractivity contribution >= 4 is 17.7 Å². The fraction of sp³-hybridized carbons (Fsp3) is 0.471. The second kappa shape index (κ2) is 8.32. The number of rotatable bonds is 9. The van der Waals surface area contributed by atoms with Gasteiger partial charge in [-0.15, -0.1) is 0 Å². The minimum Gasteiger partial charge on any atom is -0.545 e. The van der Waals surface area contributed by atoms with Crippen molar-refractivity contribution < 1.29 is 24.6 Å². The van der Waals surface area contributed by atoms with Crippen molar-refractivity contribution in [3.8, 4) is 0 Å². The van der Waals surface area contributed by atoms with Crippen LogP contribution >= 0.6 is 0 Å². The summed E-state index contributed by atoms with van der Waals surface area (Å²) in [6.07, 6.45) is 3.37. The van der Waals surface area contributed by atoms with E-state index >= 15 is 0 Å². The van der Waals surface area contributed by atoms with E-state index in [1.165, 1.54) is 12.1 Å². The molecular formula is C17H20O5-2. The summed E-state index contributed by atoms with van der Waals surface area (Å²) in [5.74, 6) is -2.50. The largest absolute Gasteiger partial charge is 0.545 e. The molecule has 0 fully saturated rings. The molecule has 1 aromatic carbocycles. The lowest BCUT2D eigenvalue weighted by Crippen LogP contribution is -2.31. The lowest BCUT2D eigenvalue weighted by atomic mass is 9.93. The third kappa shape index (κ3) is 5.31. The maximum atomic E-state index is 11.2. The molecule has 0 aliphatic carbocycles. The molecule has 0 saturated carbocycles. The summed E-state index contributed by atoms with van der Waals surface area (Å²) < 4.78 is 0. The molecular weight excluding hydrogens is 284 g/mol. The smallest absolute Gasteiger partial charge is 0.129 e. The van der Waals surface area contributed by atoms with Crippen LogP contribution in [-0.4, -0.2) is 17.7 Å². The van der Waals surface area contributed by atoms with E-state index in [4.69, 9.17) is 0 Å². The summed E-state index contributed by atoms with van der Waals surface area (Å²) in [5, 5.41) is 22.2. The second-order valence-corrected chi connectivity index (χ2v) is 5.65. The standard InChI is InChI=1S/C17H22O5/c1-11(9-10-12(2)18)5-3-6-13-7-4-8-14(16(19)20)15(13)17(21)22/h4,7-8,11H,3,5-6,9-10H2,1-2H3,(H,19,20)(H,21,22)/p-2. The number of aromatic carboxylic acids is 2. The number of carbonyl (C=O) groups is 3. The molecule has 120 valence electrons. The Kier molecular flexibility index (Phi) is 6.76. The molecule has 0 bridgehead atoms. The van der Waals surface area contributed by atoms with Crippen LogP contribution in [-0.2, 0) is 11.2 Å². The van der Waals surface area contributed by atoms with Crippen molar-refractivity contribution in [2.45, 2.75) is 46.0 Å². The highest BCUT2D eigenvalue weighted by Crippen LogP contribution is 2.19. The van der Waals surface area contributed by atoms with E-state index in [0.29, 0.717) is 24.3 Å². The van der Waals surface area contributed by atoms with Crippen LogP contribution in [0.5, 0.6) is 0 Å².